The van der Waals surface area contributed by atoms with Crippen molar-refractivity contribution in [1.29, 1.82) is 0 Å². The maximum atomic E-state index is 12.7. The smallest absolute Gasteiger partial charge is 0.223 e. The van der Waals surface area contributed by atoms with Gasteiger partial charge >= 0.3 is 0 Å². The summed E-state index contributed by atoms with van der Waals surface area (Å²) in [6.07, 6.45) is 11.2. The van der Waals surface area contributed by atoms with Crippen LogP contribution in [0.4, 0.5) is 0 Å². The number of carbonyl (C=O) groups is 2. The number of nitrogens with one attached hydrogen (secondary N) is 2. The van der Waals surface area contributed by atoms with E-state index in [0.717, 1.165) is 55.5 Å². The molecule has 2 N–H and O–H groups in total. The van der Waals surface area contributed by atoms with Gasteiger partial charge in [0.25, 0.3) is 0 Å². The van der Waals surface area contributed by atoms with E-state index in [1.807, 2.05) is 18.2 Å². The molecular formula is C26H38N4O2. The molecule has 0 atom stereocenters. The van der Waals surface area contributed by atoms with Gasteiger partial charge < -0.3 is 15.2 Å². The summed E-state index contributed by atoms with van der Waals surface area (Å²) in [4.78, 5) is 29.8. The Morgan fingerprint density at radius 2 is 1.78 bits per heavy atom. The van der Waals surface area contributed by atoms with Crippen molar-refractivity contribution >= 4 is 22.8 Å². The maximum Gasteiger partial charge on any atom is 0.223 e. The Balaban J connectivity index is 1.18. The molecule has 6 heteroatoms. The monoisotopic (exact) mass is 438 g/mol. The van der Waals surface area contributed by atoms with Crippen molar-refractivity contribution in [1.82, 2.24) is 20.2 Å². The largest absolute Gasteiger partial charge is 0.355 e. The molecule has 0 aliphatic heterocycles. The van der Waals surface area contributed by atoms with Gasteiger partial charge in [0.1, 0.15) is 5.82 Å². The Labute approximate surface area is 191 Å². The molecule has 2 aromatic rings. The van der Waals surface area contributed by atoms with Crippen LogP contribution < -0.4 is 10.6 Å². The Morgan fingerprint density at radius 3 is 2.53 bits per heavy atom. The number of amides is 2. The Hall–Kier alpha value is -2.37. The standard InChI is InChI=1S/C26H38N4O2/c1-2-30-23-11-7-6-10-22(23)29-24(30)16-17-27-26(32)20-12-14-21(15-13-20)28-25(31)18-19-8-4-3-5-9-19/h6-7,10-11,19-21H,2-5,8-9,12-18H2,1H3,(H,27,32)(H,28,31). The first-order valence-electron chi connectivity index (χ1n) is 12.6. The van der Waals surface area contributed by atoms with Crippen LogP contribution in [0.25, 0.3) is 11.0 Å². The number of nitrogens with zero attached hydrogens (tertiary/aromatic N) is 2. The van der Waals surface area contributed by atoms with Crippen LogP contribution in [0.3, 0.4) is 0 Å². The van der Waals surface area contributed by atoms with Gasteiger partial charge in [0.05, 0.1) is 11.0 Å². The summed E-state index contributed by atoms with van der Waals surface area (Å²) in [5, 5.41) is 6.36. The number of aromatic nitrogens is 2. The van der Waals surface area contributed by atoms with Crippen LogP contribution in [0, 0.1) is 11.8 Å². The summed E-state index contributed by atoms with van der Waals surface area (Å²) >= 11 is 0. The highest BCUT2D eigenvalue weighted by atomic mass is 16.2. The summed E-state index contributed by atoms with van der Waals surface area (Å²) < 4.78 is 2.22. The number of carbonyl (C=O) groups excluding carboxylic acids is 2. The topological polar surface area (TPSA) is 76.0 Å². The van der Waals surface area contributed by atoms with Crippen molar-refractivity contribution in [3.8, 4) is 0 Å². The molecule has 1 aromatic heterocycles. The zero-order valence-electron chi connectivity index (χ0n) is 19.4. The lowest BCUT2D eigenvalue weighted by Crippen LogP contribution is -2.41. The molecule has 4 rings (SSSR count). The summed E-state index contributed by atoms with van der Waals surface area (Å²) in [6, 6.07) is 8.42. The summed E-state index contributed by atoms with van der Waals surface area (Å²) in [5.74, 6) is 2.02. The van der Waals surface area contributed by atoms with E-state index in [1.165, 1.54) is 32.1 Å². The molecule has 0 saturated heterocycles. The number of para-hydroxylation sites is 2. The molecule has 2 aliphatic carbocycles. The second-order valence-corrected chi connectivity index (χ2v) is 9.63. The summed E-state index contributed by atoms with van der Waals surface area (Å²) in [6.45, 7) is 3.61. The van der Waals surface area contributed by atoms with Gasteiger partial charge in [0.15, 0.2) is 0 Å². The van der Waals surface area contributed by atoms with Crippen molar-refractivity contribution in [2.75, 3.05) is 6.54 Å². The minimum Gasteiger partial charge on any atom is -0.355 e. The zero-order chi connectivity index (χ0) is 22.3. The van der Waals surface area contributed by atoms with E-state index in [1.54, 1.807) is 0 Å². The maximum absolute atomic E-state index is 12.7. The minimum absolute atomic E-state index is 0.0616. The van der Waals surface area contributed by atoms with Gasteiger partial charge in [-0.15, -0.1) is 0 Å². The molecular weight excluding hydrogens is 400 g/mol. The Morgan fingerprint density at radius 1 is 1.03 bits per heavy atom. The number of benzene rings is 1. The van der Waals surface area contributed by atoms with Gasteiger partial charge in [-0.25, -0.2) is 4.98 Å². The third-order valence-electron chi connectivity index (χ3n) is 7.36. The van der Waals surface area contributed by atoms with Crippen LogP contribution >= 0.6 is 0 Å². The van der Waals surface area contributed by atoms with E-state index >= 15 is 0 Å². The average Bonchev–Trinajstić information content (AvgIpc) is 3.17. The lowest BCUT2D eigenvalue weighted by molar-refractivity contribution is -0.126. The number of fused-ring (bicyclic) bond motifs is 1. The number of imidazole rings is 1. The summed E-state index contributed by atoms with van der Waals surface area (Å²) in [5.41, 5.74) is 2.17. The average molecular weight is 439 g/mol. The SMILES string of the molecule is CCn1c(CCNC(=O)C2CCC(NC(=O)CC3CCCCC3)CC2)nc2ccccc21. The molecule has 0 spiro atoms. The second kappa shape index (κ2) is 11.0. The van der Waals surface area contributed by atoms with Crippen molar-refractivity contribution in [3.63, 3.8) is 0 Å². The van der Waals surface area contributed by atoms with E-state index in [2.05, 4.69) is 28.2 Å². The number of hydrogen-bond acceptors (Lipinski definition) is 3. The normalized spacial score (nSPS) is 22.0. The van der Waals surface area contributed by atoms with Gasteiger partial charge in [-0.2, -0.15) is 0 Å². The fraction of sp³-hybridized carbons (Fsp3) is 0.654. The van der Waals surface area contributed by atoms with E-state index in [9.17, 15) is 9.59 Å². The molecule has 32 heavy (non-hydrogen) atoms. The molecule has 2 saturated carbocycles. The van der Waals surface area contributed by atoms with Crippen molar-refractivity contribution in [3.05, 3.63) is 30.1 Å². The molecule has 0 unspecified atom stereocenters. The van der Waals surface area contributed by atoms with Crippen LogP contribution in [0.15, 0.2) is 24.3 Å². The molecule has 2 aliphatic rings. The van der Waals surface area contributed by atoms with Crippen molar-refractivity contribution in [2.45, 2.75) is 90.1 Å². The number of rotatable bonds is 8. The van der Waals surface area contributed by atoms with Gasteiger partial charge in [0, 0.05) is 37.9 Å². The molecule has 6 nitrogen and oxygen atoms in total. The molecule has 0 radical (unpaired) electrons. The highest BCUT2D eigenvalue weighted by Gasteiger charge is 2.27. The molecule has 2 amide bonds. The third kappa shape index (κ3) is 5.70. The molecule has 2 fully saturated rings. The van der Waals surface area contributed by atoms with Gasteiger partial charge in [-0.05, 0) is 63.5 Å². The first-order valence-corrected chi connectivity index (χ1v) is 12.6. The highest BCUT2D eigenvalue weighted by Crippen LogP contribution is 2.28. The molecule has 1 aromatic carbocycles. The van der Waals surface area contributed by atoms with E-state index in [0.29, 0.717) is 18.9 Å². The molecule has 174 valence electrons. The lowest BCUT2D eigenvalue weighted by Gasteiger charge is -2.29. The predicted molar refractivity (Wildman–Crippen MR) is 127 cm³/mol. The van der Waals surface area contributed by atoms with Crippen LogP contribution in [0.2, 0.25) is 0 Å². The first-order chi connectivity index (χ1) is 15.6. The van der Waals surface area contributed by atoms with E-state index in [4.69, 9.17) is 4.98 Å². The van der Waals surface area contributed by atoms with Gasteiger partial charge in [-0.1, -0.05) is 31.4 Å². The molecule has 1 heterocycles. The first kappa shape index (κ1) is 22.8. The minimum atomic E-state index is 0.0616. The zero-order valence-corrected chi connectivity index (χ0v) is 19.4. The highest BCUT2D eigenvalue weighted by molar-refractivity contribution is 5.79. The Kier molecular flexibility index (Phi) is 7.82. The van der Waals surface area contributed by atoms with Gasteiger partial charge in [0.2, 0.25) is 11.8 Å². The second-order valence-electron chi connectivity index (χ2n) is 9.63. The Bertz CT molecular complexity index is 908. The lowest BCUT2D eigenvalue weighted by atomic mass is 9.84. The van der Waals surface area contributed by atoms with Gasteiger partial charge in [-0.3, -0.25) is 9.59 Å². The fourth-order valence-corrected chi connectivity index (χ4v) is 5.55. The van der Waals surface area contributed by atoms with E-state index < -0.39 is 0 Å². The van der Waals surface area contributed by atoms with Crippen LogP contribution in [-0.4, -0.2) is 34.0 Å². The van der Waals surface area contributed by atoms with Crippen molar-refractivity contribution < 1.29 is 9.59 Å². The van der Waals surface area contributed by atoms with Crippen molar-refractivity contribution in [2.24, 2.45) is 11.8 Å². The van der Waals surface area contributed by atoms with Crippen LogP contribution in [0.1, 0.15) is 77.0 Å². The summed E-state index contributed by atoms with van der Waals surface area (Å²) in [7, 11) is 0. The number of aryl methyl sites for hydroxylation is 1. The van der Waals surface area contributed by atoms with Crippen LogP contribution in [0.5, 0.6) is 0 Å². The quantitative estimate of drug-likeness (QED) is 0.643. The number of hydrogen-bond donors (Lipinski definition) is 2. The predicted octanol–water partition coefficient (Wildman–Crippen LogP) is 4.36. The van der Waals surface area contributed by atoms with E-state index in [-0.39, 0.29) is 23.8 Å². The third-order valence-corrected chi connectivity index (χ3v) is 7.36. The van der Waals surface area contributed by atoms with Crippen LogP contribution in [-0.2, 0) is 22.6 Å². The molecule has 0 bridgehead atoms. The fourth-order valence-electron chi connectivity index (χ4n) is 5.55.